The van der Waals surface area contributed by atoms with Gasteiger partial charge in [-0.2, -0.15) is 0 Å². The lowest BCUT2D eigenvalue weighted by Crippen LogP contribution is -2.40. The van der Waals surface area contributed by atoms with Crippen molar-refractivity contribution in [2.75, 3.05) is 39.3 Å². The average molecular weight is 297 g/mol. The van der Waals surface area contributed by atoms with Crippen molar-refractivity contribution < 1.29 is 9.53 Å². The zero-order valence-electron chi connectivity index (χ0n) is 13.4. The number of ether oxygens (including phenoxy) is 1. The fourth-order valence-corrected chi connectivity index (χ4v) is 3.52. The smallest absolute Gasteiger partial charge is 0.225 e. The highest BCUT2D eigenvalue weighted by Gasteiger charge is 2.26. The quantitative estimate of drug-likeness (QED) is 0.801. The van der Waals surface area contributed by atoms with Gasteiger partial charge in [-0.15, -0.1) is 0 Å². The summed E-state index contributed by atoms with van der Waals surface area (Å²) in [7, 11) is 0. The van der Waals surface area contributed by atoms with E-state index in [9.17, 15) is 4.79 Å². The summed E-state index contributed by atoms with van der Waals surface area (Å²) in [5, 5.41) is 0. The third kappa shape index (κ3) is 4.94. The van der Waals surface area contributed by atoms with Crippen molar-refractivity contribution in [3.63, 3.8) is 0 Å². The molecule has 5 heteroatoms. The van der Waals surface area contributed by atoms with E-state index in [-0.39, 0.29) is 12.0 Å². The van der Waals surface area contributed by atoms with Gasteiger partial charge in [-0.05, 0) is 38.6 Å². The highest BCUT2D eigenvalue weighted by atomic mass is 16.5. The monoisotopic (exact) mass is 297 g/mol. The highest BCUT2D eigenvalue weighted by molar-refractivity contribution is 5.76. The van der Waals surface area contributed by atoms with Crippen LogP contribution in [0.15, 0.2) is 0 Å². The molecular formula is C16H31N3O2. The SMILES string of the molecule is CCC(CCN)N1CCCN(C(=O)CC2CCCO2)CC1. The average Bonchev–Trinajstić information content (AvgIpc) is 2.86. The molecule has 0 radical (unpaired) electrons. The van der Waals surface area contributed by atoms with Gasteiger partial charge in [0.05, 0.1) is 12.5 Å². The number of hydrogen-bond donors (Lipinski definition) is 1. The first-order valence-electron chi connectivity index (χ1n) is 8.58. The predicted octanol–water partition coefficient (Wildman–Crippen LogP) is 1.22. The van der Waals surface area contributed by atoms with Crippen molar-refractivity contribution >= 4 is 5.91 Å². The Bertz CT molecular complexity index is 319. The predicted molar refractivity (Wildman–Crippen MR) is 84.1 cm³/mol. The fourth-order valence-electron chi connectivity index (χ4n) is 3.52. The van der Waals surface area contributed by atoms with Gasteiger partial charge in [-0.25, -0.2) is 0 Å². The first-order chi connectivity index (χ1) is 10.2. The molecule has 21 heavy (non-hydrogen) atoms. The molecule has 0 aromatic carbocycles. The summed E-state index contributed by atoms with van der Waals surface area (Å²) in [5.41, 5.74) is 5.71. The van der Waals surface area contributed by atoms with Crippen molar-refractivity contribution in [2.45, 2.75) is 57.6 Å². The van der Waals surface area contributed by atoms with Gasteiger partial charge in [0.2, 0.25) is 5.91 Å². The second-order valence-electron chi connectivity index (χ2n) is 6.25. The number of rotatable bonds is 6. The van der Waals surface area contributed by atoms with Crippen molar-refractivity contribution in [2.24, 2.45) is 5.73 Å². The van der Waals surface area contributed by atoms with Crippen LogP contribution in [0.5, 0.6) is 0 Å². The summed E-state index contributed by atoms with van der Waals surface area (Å²) in [5.74, 6) is 0.274. The number of hydrogen-bond acceptors (Lipinski definition) is 4. The van der Waals surface area contributed by atoms with Crippen LogP contribution in [0.1, 0.15) is 45.4 Å². The third-order valence-electron chi connectivity index (χ3n) is 4.80. The van der Waals surface area contributed by atoms with E-state index in [0.717, 1.165) is 71.4 Å². The lowest BCUT2D eigenvalue weighted by molar-refractivity contribution is -0.133. The lowest BCUT2D eigenvalue weighted by atomic mass is 10.1. The molecule has 0 aromatic heterocycles. The molecule has 2 fully saturated rings. The van der Waals surface area contributed by atoms with E-state index in [1.165, 1.54) is 0 Å². The van der Waals surface area contributed by atoms with Crippen LogP contribution in [0, 0.1) is 0 Å². The van der Waals surface area contributed by atoms with E-state index in [1.54, 1.807) is 0 Å². The molecule has 2 aliphatic heterocycles. The van der Waals surface area contributed by atoms with Crippen LogP contribution in [0.3, 0.4) is 0 Å². The minimum Gasteiger partial charge on any atom is -0.378 e. The van der Waals surface area contributed by atoms with Gasteiger partial charge in [0.15, 0.2) is 0 Å². The Labute approximate surface area is 128 Å². The molecule has 2 N–H and O–H groups in total. The van der Waals surface area contributed by atoms with E-state index in [0.29, 0.717) is 12.5 Å². The maximum Gasteiger partial charge on any atom is 0.225 e. The fraction of sp³-hybridized carbons (Fsp3) is 0.938. The van der Waals surface area contributed by atoms with Gasteiger partial charge in [-0.3, -0.25) is 9.69 Å². The van der Waals surface area contributed by atoms with E-state index < -0.39 is 0 Å². The van der Waals surface area contributed by atoms with Crippen LogP contribution in [0.2, 0.25) is 0 Å². The summed E-state index contributed by atoms with van der Waals surface area (Å²) in [6.45, 7) is 7.61. The highest BCUT2D eigenvalue weighted by Crippen LogP contribution is 2.18. The second kappa shape index (κ2) is 8.71. The normalized spacial score (nSPS) is 25.8. The van der Waals surface area contributed by atoms with Gasteiger partial charge in [0.1, 0.15) is 0 Å². The summed E-state index contributed by atoms with van der Waals surface area (Å²) in [4.78, 5) is 16.9. The summed E-state index contributed by atoms with van der Waals surface area (Å²) in [6, 6.07) is 0.572. The molecule has 0 aliphatic carbocycles. The Morgan fingerprint density at radius 3 is 2.81 bits per heavy atom. The molecule has 0 bridgehead atoms. The number of carbonyl (C=O) groups excluding carboxylic acids is 1. The Morgan fingerprint density at radius 1 is 1.29 bits per heavy atom. The van der Waals surface area contributed by atoms with Crippen molar-refractivity contribution in [3.8, 4) is 0 Å². The zero-order chi connectivity index (χ0) is 15.1. The van der Waals surface area contributed by atoms with Crippen LogP contribution in [-0.2, 0) is 9.53 Å². The number of carbonyl (C=O) groups is 1. The van der Waals surface area contributed by atoms with Crippen molar-refractivity contribution in [3.05, 3.63) is 0 Å². The van der Waals surface area contributed by atoms with Gasteiger partial charge in [0, 0.05) is 38.8 Å². The summed E-state index contributed by atoms with van der Waals surface area (Å²) < 4.78 is 5.58. The Hall–Kier alpha value is -0.650. The minimum absolute atomic E-state index is 0.164. The van der Waals surface area contributed by atoms with Crippen LogP contribution in [0.4, 0.5) is 0 Å². The Morgan fingerprint density at radius 2 is 2.14 bits per heavy atom. The number of amides is 1. The molecule has 2 rings (SSSR count). The largest absolute Gasteiger partial charge is 0.378 e. The molecule has 2 atom stereocenters. The first kappa shape index (κ1) is 16.7. The molecule has 0 saturated carbocycles. The van der Waals surface area contributed by atoms with Gasteiger partial charge >= 0.3 is 0 Å². The standard InChI is InChI=1S/C16H31N3O2/c1-2-14(6-7-17)18-8-4-9-19(11-10-18)16(20)13-15-5-3-12-21-15/h14-15H,2-13,17H2,1H3. The van der Waals surface area contributed by atoms with Crippen molar-refractivity contribution in [1.82, 2.24) is 9.80 Å². The molecular weight excluding hydrogens is 266 g/mol. The number of nitrogens with two attached hydrogens (primary N) is 1. The zero-order valence-corrected chi connectivity index (χ0v) is 13.4. The maximum atomic E-state index is 12.4. The molecule has 2 aliphatic rings. The Kier molecular flexibility index (Phi) is 6.93. The molecule has 122 valence electrons. The molecule has 5 nitrogen and oxygen atoms in total. The molecule has 2 saturated heterocycles. The van der Waals surface area contributed by atoms with Crippen LogP contribution >= 0.6 is 0 Å². The maximum absolute atomic E-state index is 12.4. The molecule has 1 amide bonds. The van der Waals surface area contributed by atoms with Crippen LogP contribution < -0.4 is 5.73 Å². The summed E-state index contributed by atoms with van der Waals surface area (Å²) in [6.07, 6.45) is 6.14. The van der Waals surface area contributed by atoms with E-state index in [1.807, 2.05) is 4.90 Å². The number of nitrogens with zero attached hydrogens (tertiary/aromatic N) is 2. The minimum atomic E-state index is 0.164. The van der Waals surface area contributed by atoms with Crippen LogP contribution in [0.25, 0.3) is 0 Å². The second-order valence-corrected chi connectivity index (χ2v) is 6.25. The van der Waals surface area contributed by atoms with Gasteiger partial charge in [0.25, 0.3) is 0 Å². The molecule has 0 aromatic rings. The summed E-state index contributed by atoms with van der Waals surface area (Å²) >= 11 is 0. The van der Waals surface area contributed by atoms with Gasteiger partial charge < -0.3 is 15.4 Å². The van der Waals surface area contributed by atoms with E-state index in [2.05, 4.69) is 11.8 Å². The van der Waals surface area contributed by atoms with Crippen LogP contribution in [-0.4, -0.2) is 67.2 Å². The topological polar surface area (TPSA) is 58.8 Å². The lowest BCUT2D eigenvalue weighted by Gasteiger charge is -2.29. The molecule has 0 spiro atoms. The molecule has 2 heterocycles. The molecule has 2 unspecified atom stereocenters. The van der Waals surface area contributed by atoms with E-state index in [4.69, 9.17) is 10.5 Å². The first-order valence-corrected chi connectivity index (χ1v) is 8.58. The third-order valence-corrected chi connectivity index (χ3v) is 4.80. The Balaban J connectivity index is 1.80. The van der Waals surface area contributed by atoms with E-state index >= 15 is 0 Å². The van der Waals surface area contributed by atoms with Crippen molar-refractivity contribution in [1.29, 1.82) is 0 Å². The van der Waals surface area contributed by atoms with Gasteiger partial charge in [-0.1, -0.05) is 6.92 Å².